The highest BCUT2D eigenvalue weighted by atomic mass is 79.9. The number of imide groups is 1. The number of halogens is 1. The Morgan fingerprint density at radius 3 is 2.43 bits per heavy atom. The van der Waals surface area contributed by atoms with Crippen LogP contribution in [0, 0.1) is 11.8 Å². The zero-order valence-electron chi connectivity index (χ0n) is 12.5. The molecule has 23 heavy (non-hydrogen) atoms. The van der Waals surface area contributed by atoms with Gasteiger partial charge in [-0.25, -0.2) is 0 Å². The summed E-state index contributed by atoms with van der Waals surface area (Å²) < 4.78 is 0.998. The van der Waals surface area contributed by atoms with Gasteiger partial charge in [-0.3, -0.25) is 19.3 Å². The molecule has 1 N–H and O–H groups in total. The van der Waals surface area contributed by atoms with Gasteiger partial charge >= 0.3 is 0 Å². The van der Waals surface area contributed by atoms with E-state index in [1.54, 1.807) is 6.08 Å². The first-order valence-electron chi connectivity index (χ1n) is 7.62. The minimum absolute atomic E-state index is 0.0442. The zero-order valence-corrected chi connectivity index (χ0v) is 14.1. The predicted molar refractivity (Wildman–Crippen MR) is 85.3 cm³/mol. The van der Waals surface area contributed by atoms with Crippen LogP contribution in [0.1, 0.15) is 5.56 Å². The molecule has 1 aromatic rings. The van der Waals surface area contributed by atoms with Crippen molar-refractivity contribution in [3.63, 3.8) is 0 Å². The molecule has 0 saturated carbocycles. The number of carbonyl (C=O) groups is 3. The number of likely N-dealkylation sites (tertiary alicyclic amines) is 1. The molecule has 3 aliphatic rings. The Balaban J connectivity index is 1.71. The Hall–Kier alpha value is -1.79. The molecule has 3 heterocycles. The normalized spacial score (nSPS) is 35.1. The molecule has 6 heteroatoms. The standard InChI is InChI=1S/C17H15BrN2O3/c1-19-16(22)13-11-6-7-12(21)15(14(13)17(19)23)20(11)8-9-2-4-10(18)5-3-9/h2-7,11,13-15H,8H2,1H3/p+1/t11-,13+,14+,15+/m0/s1. The second kappa shape index (κ2) is 5.11. The van der Waals surface area contributed by atoms with E-state index < -0.39 is 17.9 Å². The smallest absolute Gasteiger partial charge is 0.239 e. The van der Waals surface area contributed by atoms with Crippen LogP contribution in [0.3, 0.4) is 0 Å². The fraction of sp³-hybridized carbons (Fsp3) is 0.353. The average molecular weight is 376 g/mol. The Morgan fingerprint density at radius 1 is 1.09 bits per heavy atom. The molecular formula is C17H16BrN2O3+. The highest BCUT2D eigenvalue weighted by Gasteiger charge is 2.66. The number of fused-ring (bicyclic) bond motifs is 5. The predicted octanol–water partition coefficient (Wildman–Crippen LogP) is -0.0453. The van der Waals surface area contributed by atoms with Crippen LogP contribution in [0.2, 0.25) is 0 Å². The van der Waals surface area contributed by atoms with Crippen LogP contribution in [-0.4, -0.2) is 41.6 Å². The summed E-state index contributed by atoms with van der Waals surface area (Å²) in [5.41, 5.74) is 1.09. The van der Waals surface area contributed by atoms with Crippen molar-refractivity contribution in [2.24, 2.45) is 11.8 Å². The summed E-state index contributed by atoms with van der Waals surface area (Å²) in [4.78, 5) is 39.5. The van der Waals surface area contributed by atoms with Crippen LogP contribution in [0.5, 0.6) is 0 Å². The highest BCUT2D eigenvalue weighted by Crippen LogP contribution is 2.36. The summed E-state index contributed by atoms with van der Waals surface area (Å²) >= 11 is 3.41. The number of benzene rings is 1. The molecule has 4 rings (SSSR count). The maximum absolute atomic E-state index is 12.4. The third kappa shape index (κ3) is 2.05. The van der Waals surface area contributed by atoms with Gasteiger partial charge in [-0.1, -0.05) is 28.1 Å². The lowest BCUT2D eigenvalue weighted by atomic mass is 9.90. The summed E-state index contributed by atoms with van der Waals surface area (Å²) in [6.07, 6.45) is 3.38. The molecule has 2 saturated heterocycles. The number of ketones is 1. The lowest BCUT2D eigenvalue weighted by Gasteiger charge is -2.30. The number of amides is 2. The molecule has 5 nitrogen and oxygen atoms in total. The maximum Gasteiger partial charge on any atom is 0.239 e. The van der Waals surface area contributed by atoms with Crippen molar-refractivity contribution in [1.82, 2.24) is 4.90 Å². The van der Waals surface area contributed by atoms with Crippen molar-refractivity contribution in [1.29, 1.82) is 0 Å². The van der Waals surface area contributed by atoms with E-state index in [0.717, 1.165) is 14.9 Å². The molecule has 5 atom stereocenters. The molecule has 0 aliphatic carbocycles. The zero-order chi connectivity index (χ0) is 16.3. The van der Waals surface area contributed by atoms with E-state index in [1.165, 1.54) is 11.9 Å². The first-order chi connectivity index (χ1) is 11.0. The summed E-state index contributed by atoms with van der Waals surface area (Å²) in [5, 5.41) is 0. The Morgan fingerprint density at radius 2 is 1.74 bits per heavy atom. The Labute approximate surface area is 142 Å². The van der Waals surface area contributed by atoms with Crippen molar-refractivity contribution in [3.05, 3.63) is 46.5 Å². The molecule has 0 aromatic heterocycles. The van der Waals surface area contributed by atoms with Crippen molar-refractivity contribution >= 4 is 33.5 Å². The monoisotopic (exact) mass is 375 g/mol. The van der Waals surface area contributed by atoms with Crippen LogP contribution in [0.25, 0.3) is 0 Å². The molecule has 118 valence electrons. The fourth-order valence-corrected chi connectivity index (χ4v) is 4.49. The molecule has 2 amide bonds. The summed E-state index contributed by atoms with van der Waals surface area (Å²) in [5.74, 6) is -1.31. The quantitative estimate of drug-likeness (QED) is 0.737. The van der Waals surface area contributed by atoms with E-state index >= 15 is 0 Å². The van der Waals surface area contributed by atoms with Gasteiger partial charge in [0.25, 0.3) is 0 Å². The lowest BCUT2D eigenvalue weighted by molar-refractivity contribution is -0.937. The number of hydrogen-bond acceptors (Lipinski definition) is 3. The van der Waals surface area contributed by atoms with Crippen LogP contribution < -0.4 is 4.90 Å². The number of nitrogens with zero attached hydrogens (tertiary/aromatic N) is 1. The number of carbonyl (C=O) groups excluding carboxylic acids is 3. The van der Waals surface area contributed by atoms with E-state index in [-0.39, 0.29) is 23.6 Å². The molecule has 0 radical (unpaired) electrons. The van der Waals surface area contributed by atoms with E-state index in [1.807, 2.05) is 30.3 Å². The minimum Gasteiger partial charge on any atom is -0.315 e. The van der Waals surface area contributed by atoms with E-state index in [9.17, 15) is 14.4 Å². The topological polar surface area (TPSA) is 58.9 Å². The van der Waals surface area contributed by atoms with Gasteiger partial charge in [0.15, 0.2) is 6.04 Å². The van der Waals surface area contributed by atoms with Gasteiger partial charge in [-0.15, -0.1) is 0 Å². The van der Waals surface area contributed by atoms with Gasteiger partial charge < -0.3 is 4.90 Å². The van der Waals surface area contributed by atoms with E-state index in [4.69, 9.17) is 0 Å². The first-order valence-corrected chi connectivity index (χ1v) is 8.42. The van der Waals surface area contributed by atoms with Gasteiger partial charge in [-0.05, 0) is 24.3 Å². The SMILES string of the molecule is CN1C(=O)[C@@H]2[C@H](C1=O)[C@@H]1C=CC(=O)[C@H]2[NH+]1Cc1ccc(Br)cc1. The van der Waals surface area contributed by atoms with E-state index in [2.05, 4.69) is 15.9 Å². The molecule has 2 fully saturated rings. The molecule has 1 aromatic carbocycles. The van der Waals surface area contributed by atoms with Crippen LogP contribution >= 0.6 is 15.9 Å². The second-order valence-electron chi connectivity index (χ2n) is 6.43. The fourth-order valence-electron chi connectivity index (χ4n) is 4.23. The first kappa shape index (κ1) is 14.8. The third-order valence-corrected chi connectivity index (χ3v) is 5.82. The van der Waals surface area contributed by atoms with Crippen LogP contribution in [0.4, 0.5) is 0 Å². The summed E-state index contributed by atoms with van der Waals surface area (Å²) in [6, 6.07) is 7.38. The van der Waals surface area contributed by atoms with Crippen LogP contribution in [-0.2, 0) is 20.9 Å². The lowest BCUT2D eigenvalue weighted by Crippen LogP contribution is -3.18. The Bertz CT molecular complexity index is 743. The average Bonchev–Trinajstić information content (AvgIpc) is 2.89. The van der Waals surface area contributed by atoms with Crippen molar-refractivity contribution in [2.75, 3.05) is 7.05 Å². The van der Waals surface area contributed by atoms with Crippen molar-refractivity contribution in [2.45, 2.75) is 18.6 Å². The molecular weight excluding hydrogens is 360 g/mol. The number of hydrogen-bond donors (Lipinski definition) is 1. The summed E-state index contributed by atoms with van der Waals surface area (Å²) in [7, 11) is 1.52. The van der Waals surface area contributed by atoms with Gasteiger partial charge in [0.05, 0.1) is 0 Å². The van der Waals surface area contributed by atoms with Crippen molar-refractivity contribution in [3.8, 4) is 0 Å². The van der Waals surface area contributed by atoms with Crippen molar-refractivity contribution < 1.29 is 19.3 Å². The maximum atomic E-state index is 12.4. The number of quaternary nitrogens is 1. The minimum atomic E-state index is -0.509. The highest BCUT2D eigenvalue weighted by molar-refractivity contribution is 9.10. The van der Waals surface area contributed by atoms with Gasteiger partial charge in [0.2, 0.25) is 17.6 Å². The number of rotatable bonds is 2. The van der Waals surface area contributed by atoms with Gasteiger partial charge in [0, 0.05) is 17.1 Å². The molecule has 1 unspecified atom stereocenters. The van der Waals surface area contributed by atoms with Crippen LogP contribution in [0.15, 0.2) is 40.9 Å². The van der Waals surface area contributed by atoms with Gasteiger partial charge in [0.1, 0.15) is 24.4 Å². The number of nitrogens with one attached hydrogen (secondary N) is 1. The second-order valence-corrected chi connectivity index (χ2v) is 7.35. The largest absolute Gasteiger partial charge is 0.315 e. The molecule has 3 aliphatic heterocycles. The van der Waals surface area contributed by atoms with E-state index in [0.29, 0.717) is 6.54 Å². The molecule has 0 spiro atoms. The van der Waals surface area contributed by atoms with Gasteiger partial charge in [-0.2, -0.15) is 0 Å². The third-order valence-electron chi connectivity index (χ3n) is 5.29. The Kier molecular flexibility index (Phi) is 3.28. The molecule has 2 bridgehead atoms. The summed E-state index contributed by atoms with van der Waals surface area (Å²) in [6.45, 7) is 0.635.